The van der Waals surface area contributed by atoms with Crippen molar-refractivity contribution in [1.82, 2.24) is 5.48 Å². The molecule has 0 heterocycles. The number of hydroxylamine groups is 1. The Labute approximate surface area is 177 Å². The highest BCUT2D eigenvalue weighted by Crippen LogP contribution is 2.35. The summed E-state index contributed by atoms with van der Waals surface area (Å²) < 4.78 is 3.19. The Morgan fingerprint density at radius 3 is 2.57 bits per heavy atom. The molecule has 1 rings (SSSR count). The van der Waals surface area contributed by atoms with Crippen molar-refractivity contribution in [3.63, 3.8) is 0 Å². The van der Waals surface area contributed by atoms with Crippen LogP contribution in [0.2, 0.25) is 0 Å². The first-order chi connectivity index (χ1) is 13.4. The smallest absolute Gasteiger partial charge is 0.243 e. The van der Waals surface area contributed by atoms with Crippen LogP contribution < -0.4 is 15.5 Å². The van der Waals surface area contributed by atoms with E-state index in [2.05, 4.69) is 24.4 Å². The molecule has 156 valence electrons. The number of thioether (sulfide) groups is 1. The number of hydrogen-bond donors (Lipinski definition) is 4. The zero-order chi connectivity index (χ0) is 21.4. The Morgan fingerprint density at radius 1 is 1.36 bits per heavy atom. The molecule has 0 aliphatic heterocycles. The Balaban J connectivity index is 0.000000887. The highest BCUT2D eigenvalue weighted by Gasteiger charge is 2.11. The van der Waals surface area contributed by atoms with Crippen molar-refractivity contribution >= 4 is 47.2 Å². The summed E-state index contributed by atoms with van der Waals surface area (Å²) in [6.07, 6.45) is 5.97. The van der Waals surface area contributed by atoms with Crippen LogP contribution in [0.5, 0.6) is 0 Å². The summed E-state index contributed by atoms with van der Waals surface area (Å²) in [5, 5.41) is 17.1. The quantitative estimate of drug-likeness (QED) is 0.0876. The van der Waals surface area contributed by atoms with E-state index in [4.69, 9.17) is 16.4 Å². The fraction of sp³-hybridized carbons (Fsp3) is 0.400. The monoisotopic (exact) mass is 424 g/mol. The fourth-order valence-electron chi connectivity index (χ4n) is 2.10. The van der Waals surface area contributed by atoms with E-state index >= 15 is 0 Å². The van der Waals surface area contributed by atoms with Gasteiger partial charge < -0.3 is 15.4 Å². The molecule has 0 spiro atoms. The average molecular weight is 425 g/mol. The fourth-order valence-corrected chi connectivity index (χ4v) is 3.61. The average Bonchev–Trinajstić information content (AvgIpc) is 2.68. The van der Waals surface area contributed by atoms with E-state index in [9.17, 15) is 4.79 Å². The Bertz CT molecular complexity index is 639. The number of benzene rings is 1. The largest absolute Gasteiger partial charge is 0.398 e. The molecule has 8 heteroatoms. The molecular weight excluding hydrogens is 392 g/mol. The zero-order valence-electron chi connectivity index (χ0n) is 16.7. The van der Waals surface area contributed by atoms with Gasteiger partial charge in [-0.05, 0) is 48.4 Å². The molecule has 0 unspecified atom stereocenters. The Hall–Kier alpha value is -1.90. The van der Waals surface area contributed by atoms with Gasteiger partial charge in [-0.1, -0.05) is 51.6 Å². The molecule has 0 aromatic heterocycles. The standard InChI is InChI=1S/C16H23N3S2.C4H9NO2/c1-4-6-7-10-19(21-13(3)20-5-2)15-8-9-16(18)14(11-15)12-17;1-2-3-4(6)5-7/h5,8-9,11-12,17H,2-4,6-7,10,18H2,1H3;7H,2-3H2,1H3,(H,5,6). The summed E-state index contributed by atoms with van der Waals surface area (Å²) in [6, 6.07) is 5.80. The first-order valence-corrected chi connectivity index (χ1v) is 10.8. The molecule has 1 aromatic carbocycles. The van der Waals surface area contributed by atoms with Gasteiger partial charge in [0.05, 0.1) is 4.24 Å². The van der Waals surface area contributed by atoms with Gasteiger partial charge in [0.1, 0.15) is 0 Å². The van der Waals surface area contributed by atoms with Gasteiger partial charge >= 0.3 is 0 Å². The normalized spacial score (nSPS) is 9.68. The van der Waals surface area contributed by atoms with E-state index in [1.54, 1.807) is 17.4 Å². The van der Waals surface area contributed by atoms with Gasteiger partial charge in [0.25, 0.3) is 0 Å². The minimum absolute atomic E-state index is 0.317. The van der Waals surface area contributed by atoms with Gasteiger partial charge in [0.15, 0.2) is 0 Å². The van der Waals surface area contributed by atoms with Gasteiger partial charge in [-0.2, -0.15) is 0 Å². The third-order valence-electron chi connectivity index (χ3n) is 3.51. The topological polar surface area (TPSA) is 102 Å². The van der Waals surface area contributed by atoms with E-state index in [1.165, 1.54) is 36.3 Å². The van der Waals surface area contributed by atoms with Crippen molar-refractivity contribution in [3.05, 3.63) is 46.6 Å². The van der Waals surface area contributed by atoms with Crippen molar-refractivity contribution < 1.29 is 10.0 Å². The van der Waals surface area contributed by atoms with E-state index in [-0.39, 0.29) is 5.91 Å². The second-order valence-corrected chi connectivity index (χ2v) is 8.24. The number of nitrogens with zero attached hydrogens (tertiary/aromatic N) is 1. The van der Waals surface area contributed by atoms with Crippen molar-refractivity contribution in [2.24, 2.45) is 0 Å². The zero-order valence-corrected chi connectivity index (χ0v) is 18.4. The number of rotatable bonds is 12. The van der Waals surface area contributed by atoms with Crippen molar-refractivity contribution in [2.45, 2.75) is 46.0 Å². The molecular formula is C20H32N4O2S2. The summed E-state index contributed by atoms with van der Waals surface area (Å²) in [5.74, 6) is -0.317. The Morgan fingerprint density at radius 2 is 2.07 bits per heavy atom. The first-order valence-electron chi connectivity index (χ1n) is 9.18. The van der Waals surface area contributed by atoms with Crippen LogP contribution in [0.25, 0.3) is 0 Å². The lowest BCUT2D eigenvalue weighted by molar-refractivity contribution is -0.129. The van der Waals surface area contributed by atoms with E-state index < -0.39 is 0 Å². The SMILES string of the molecule is C=CSC(=C)SN(CCCCC)c1ccc(N)c(C=N)c1.CCCC(=O)NO. The van der Waals surface area contributed by atoms with Crippen molar-refractivity contribution in [1.29, 1.82) is 5.41 Å². The highest BCUT2D eigenvalue weighted by molar-refractivity contribution is 8.24. The number of unbranched alkanes of at least 4 members (excludes halogenated alkanes) is 2. The maximum atomic E-state index is 10.1. The number of amides is 1. The molecule has 0 saturated heterocycles. The number of carbonyl (C=O) groups is 1. The minimum atomic E-state index is -0.317. The van der Waals surface area contributed by atoms with Gasteiger partial charge in [-0.15, -0.1) is 0 Å². The predicted octanol–water partition coefficient (Wildman–Crippen LogP) is 5.55. The molecule has 0 radical (unpaired) electrons. The molecule has 0 bridgehead atoms. The van der Waals surface area contributed by atoms with E-state index in [0.717, 1.165) is 34.9 Å². The van der Waals surface area contributed by atoms with Gasteiger partial charge in [0, 0.05) is 36.1 Å². The van der Waals surface area contributed by atoms with Crippen LogP contribution in [0.3, 0.4) is 0 Å². The summed E-state index contributed by atoms with van der Waals surface area (Å²) in [7, 11) is 0. The van der Waals surface area contributed by atoms with Crippen LogP contribution in [0.4, 0.5) is 11.4 Å². The third kappa shape index (κ3) is 11.1. The molecule has 1 amide bonds. The molecule has 6 nitrogen and oxygen atoms in total. The molecule has 1 aromatic rings. The van der Waals surface area contributed by atoms with Crippen LogP contribution in [-0.4, -0.2) is 23.9 Å². The summed E-state index contributed by atoms with van der Waals surface area (Å²) >= 11 is 3.14. The summed E-state index contributed by atoms with van der Waals surface area (Å²) in [4.78, 5) is 10.1. The number of anilines is 2. The molecule has 28 heavy (non-hydrogen) atoms. The molecule has 0 atom stereocenters. The lowest BCUT2D eigenvalue weighted by Gasteiger charge is -2.24. The van der Waals surface area contributed by atoms with Crippen LogP contribution >= 0.6 is 23.7 Å². The van der Waals surface area contributed by atoms with Crippen molar-refractivity contribution in [2.75, 3.05) is 16.6 Å². The number of nitrogens with two attached hydrogens (primary N) is 1. The predicted molar refractivity (Wildman–Crippen MR) is 125 cm³/mol. The van der Waals surface area contributed by atoms with E-state index in [1.807, 2.05) is 25.1 Å². The molecule has 5 N–H and O–H groups in total. The number of nitrogens with one attached hydrogen (secondary N) is 2. The maximum absolute atomic E-state index is 10.1. The number of hydrogen-bond acceptors (Lipinski definition) is 7. The van der Waals surface area contributed by atoms with Crippen LogP contribution in [0.1, 0.15) is 51.5 Å². The first kappa shape index (κ1) is 26.1. The minimum Gasteiger partial charge on any atom is -0.398 e. The number of nitrogen functional groups attached to an aromatic ring is 1. The number of carbonyl (C=O) groups excluding carboxylic acids is 1. The molecule has 0 aliphatic rings. The van der Waals surface area contributed by atoms with E-state index in [0.29, 0.717) is 12.1 Å². The van der Waals surface area contributed by atoms with Crippen LogP contribution in [0.15, 0.2) is 41.0 Å². The van der Waals surface area contributed by atoms with Gasteiger partial charge in [0.2, 0.25) is 5.91 Å². The third-order valence-corrected chi connectivity index (χ3v) is 5.27. The highest BCUT2D eigenvalue weighted by atomic mass is 32.2. The second kappa shape index (κ2) is 16.1. The summed E-state index contributed by atoms with van der Waals surface area (Å²) in [6.45, 7) is 12.8. The maximum Gasteiger partial charge on any atom is 0.243 e. The lowest BCUT2D eigenvalue weighted by Crippen LogP contribution is -2.17. The Kier molecular flexibility index (Phi) is 15.0. The molecule has 0 fully saturated rings. The van der Waals surface area contributed by atoms with Gasteiger partial charge in [-0.3, -0.25) is 10.0 Å². The van der Waals surface area contributed by atoms with Crippen LogP contribution in [0, 0.1) is 5.41 Å². The van der Waals surface area contributed by atoms with Crippen molar-refractivity contribution in [3.8, 4) is 0 Å². The molecule has 0 aliphatic carbocycles. The second-order valence-electron chi connectivity index (χ2n) is 5.80. The van der Waals surface area contributed by atoms with Crippen LogP contribution in [-0.2, 0) is 4.79 Å². The lowest BCUT2D eigenvalue weighted by atomic mass is 10.1. The molecule has 0 saturated carbocycles. The summed E-state index contributed by atoms with van der Waals surface area (Å²) in [5.41, 5.74) is 9.81. The van der Waals surface area contributed by atoms with Gasteiger partial charge in [-0.25, -0.2) is 5.48 Å².